The number of amides is 2. The molecule has 0 spiro atoms. The molecule has 1 aliphatic carbocycles. The SMILES string of the molecule is COCCOCC1(O)CCCCC1n1cnc(C(=O)N2CCN(C(=O)OC(C)(C)C)C[C@H]2Cc2ccccc2)c1-c1ccccc1. The fourth-order valence-electron chi connectivity index (χ4n) is 6.61. The van der Waals surface area contributed by atoms with Gasteiger partial charge >= 0.3 is 6.09 Å². The van der Waals surface area contributed by atoms with Gasteiger partial charge in [0.05, 0.1) is 43.9 Å². The maximum atomic E-state index is 14.6. The maximum Gasteiger partial charge on any atom is 0.410 e. The van der Waals surface area contributed by atoms with Gasteiger partial charge in [0.15, 0.2) is 5.69 Å². The van der Waals surface area contributed by atoms with Crippen LogP contribution in [0.1, 0.15) is 68.5 Å². The third-order valence-electron chi connectivity index (χ3n) is 8.83. The molecule has 3 atom stereocenters. The summed E-state index contributed by atoms with van der Waals surface area (Å²) in [5.74, 6) is -0.196. The molecule has 46 heavy (non-hydrogen) atoms. The van der Waals surface area contributed by atoms with Crippen molar-refractivity contribution in [2.75, 3.05) is 46.6 Å². The number of aliphatic hydroxyl groups is 1. The Kier molecular flexibility index (Phi) is 10.8. The molecule has 1 N–H and O–H groups in total. The van der Waals surface area contributed by atoms with Gasteiger partial charge in [-0.15, -0.1) is 0 Å². The number of rotatable bonds is 10. The first-order chi connectivity index (χ1) is 22.1. The minimum atomic E-state index is -1.12. The quantitative estimate of drug-likeness (QED) is 0.300. The largest absolute Gasteiger partial charge is 0.444 e. The third kappa shape index (κ3) is 7.97. The molecule has 5 rings (SSSR count). The number of imidazole rings is 1. The van der Waals surface area contributed by atoms with E-state index in [1.165, 1.54) is 0 Å². The molecule has 1 saturated carbocycles. The van der Waals surface area contributed by atoms with Crippen LogP contribution in [-0.2, 0) is 20.6 Å². The Balaban J connectivity index is 1.49. The Hall–Kier alpha value is -3.73. The van der Waals surface area contributed by atoms with Crippen molar-refractivity contribution in [3.05, 3.63) is 78.2 Å². The Morgan fingerprint density at radius 3 is 2.41 bits per heavy atom. The molecule has 2 aliphatic rings. The number of nitrogens with zero attached hydrogens (tertiary/aromatic N) is 4. The van der Waals surface area contributed by atoms with Crippen LogP contribution in [0.3, 0.4) is 0 Å². The Morgan fingerprint density at radius 1 is 1.00 bits per heavy atom. The van der Waals surface area contributed by atoms with Crippen LogP contribution in [0.25, 0.3) is 11.3 Å². The highest BCUT2D eigenvalue weighted by Crippen LogP contribution is 2.41. The van der Waals surface area contributed by atoms with E-state index in [4.69, 9.17) is 19.2 Å². The van der Waals surface area contributed by atoms with Crippen molar-refractivity contribution in [3.63, 3.8) is 0 Å². The molecule has 2 heterocycles. The minimum Gasteiger partial charge on any atom is -0.444 e. The van der Waals surface area contributed by atoms with E-state index >= 15 is 0 Å². The van der Waals surface area contributed by atoms with E-state index in [1.54, 1.807) is 18.3 Å². The Morgan fingerprint density at radius 2 is 1.72 bits per heavy atom. The van der Waals surface area contributed by atoms with Gasteiger partial charge in [0.25, 0.3) is 5.91 Å². The summed E-state index contributed by atoms with van der Waals surface area (Å²) in [5.41, 5.74) is 1.20. The predicted molar refractivity (Wildman–Crippen MR) is 176 cm³/mol. The second kappa shape index (κ2) is 14.8. The highest BCUT2D eigenvalue weighted by molar-refractivity contribution is 5.98. The molecular formula is C36H48N4O6. The van der Waals surface area contributed by atoms with Crippen molar-refractivity contribution in [1.29, 1.82) is 0 Å². The van der Waals surface area contributed by atoms with Gasteiger partial charge in [-0.3, -0.25) is 4.79 Å². The van der Waals surface area contributed by atoms with Crippen molar-refractivity contribution in [3.8, 4) is 11.3 Å². The van der Waals surface area contributed by atoms with E-state index in [9.17, 15) is 14.7 Å². The third-order valence-corrected chi connectivity index (χ3v) is 8.83. The van der Waals surface area contributed by atoms with Crippen LogP contribution in [0.4, 0.5) is 4.79 Å². The van der Waals surface area contributed by atoms with Gasteiger partial charge < -0.3 is 33.7 Å². The fourth-order valence-corrected chi connectivity index (χ4v) is 6.61. The van der Waals surface area contributed by atoms with E-state index in [-0.39, 0.29) is 30.7 Å². The van der Waals surface area contributed by atoms with E-state index in [0.717, 1.165) is 30.4 Å². The molecular weight excluding hydrogens is 584 g/mol. The number of piperazine rings is 1. The van der Waals surface area contributed by atoms with Gasteiger partial charge in [-0.1, -0.05) is 73.5 Å². The van der Waals surface area contributed by atoms with Crippen LogP contribution in [0.5, 0.6) is 0 Å². The number of carbonyl (C=O) groups excluding carboxylic acids is 2. The second-order valence-electron chi connectivity index (χ2n) is 13.4. The Bertz CT molecular complexity index is 1440. The lowest BCUT2D eigenvalue weighted by Gasteiger charge is -2.42. The van der Waals surface area contributed by atoms with Crippen molar-refractivity contribution in [2.24, 2.45) is 0 Å². The maximum absolute atomic E-state index is 14.6. The van der Waals surface area contributed by atoms with Crippen LogP contribution in [-0.4, -0.2) is 100 Å². The van der Waals surface area contributed by atoms with Gasteiger partial charge in [0.2, 0.25) is 0 Å². The van der Waals surface area contributed by atoms with Crippen molar-refractivity contribution < 1.29 is 28.9 Å². The highest BCUT2D eigenvalue weighted by Gasteiger charge is 2.43. The summed E-state index contributed by atoms with van der Waals surface area (Å²) >= 11 is 0. The average molecular weight is 633 g/mol. The molecule has 2 aromatic carbocycles. The molecule has 3 aromatic rings. The van der Waals surface area contributed by atoms with Crippen LogP contribution >= 0.6 is 0 Å². The zero-order valence-electron chi connectivity index (χ0n) is 27.6. The zero-order chi connectivity index (χ0) is 32.7. The number of hydrogen-bond acceptors (Lipinski definition) is 7. The van der Waals surface area contributed by atoms with Crippen LogP contribution < -0.4 is 0 Å². The van der Waals surface area contributed by atoms with Gasteiger partial charge in [-0.05, 0) is 45.6 Å². The normalized spacial score (nSPS) is 22.1. The molecule has 0 radical (unpaired) electrons. The van der Waals surface area contributed by atoms with E-state index < -0.39 is 11.2 Å². The second-order valence-corrected chi connectivity index (χ2v) is 13.4. The first kappa shape index (κ1) is 33.6. The van der Waals surface area contributed by atoms with Crippen molar-refractivity contribution in [1.82, 2.24) is 19.4 Å². The molecule has 10 nitrogen and oxygen atoms in total. The molecule has 10 heteroatoms. The van der Waals surface area contributed by atoms with Crippen LogP contribution in [0, 0.1) is 0 Å². The lowest BCUT2D eigenvalue weighted by atomic mass is 9.80. The van der Waals surface area contributed by atoms with Crippen molar-refractivity contribution >= 4 is 12.0 Å². The number of hydrogen-bond donors (Lipinski definition) is 1. The standard InChI is InChI=1S/C36H48N4O6/c1-35(2,3)46-34(42)38-19-20-39(29(24-38)23-27-13-7-5-8-14-27)33(41)31-32(28-15-9-6-10-16-28)40(26-37-31)30-17-11-12-18-36(30,43)25-45-22-21-44-4/h5-10,13-16,26,29-30,43H,11-12,17-25H2,1-4H3/t29-,30?,36?/m1/s1. The number of ether oxygens (including phenoxy) is 3. The number of methoxy groups -OCH3 is 1. The van der Waals surface area contributed by atoms with E-state index in [0.29, 0.717) is 57.1 Å². The summed E-state index contributed by atoms with van der Waals surface area (Å²) in [4.78, 5) is 36.0. The monoisotopic (exact) mass is 632 g/mol. The first-order valence-corrected chi connectivity index (χ1v) is 16.3. The van der Waals surface area contributed by atoms with Gasteiger partial charge in [-0.2, -0.15) is 0 Å². The number of aromatic nitrogens is 2. The lowest BCUT2D eigenvalue weighted by Crippen LogP contribution is -2.58. The molecule has 0 bridgehead atoms. The summed E-state index contributed by atoms with van der Waals surface area (Å²) in [6.45, 7) is 7.62. The van der Waals surface area contributed by atoms with Gasteiger partial charge in [-0.25, -0.2) is 9.78 Å². The Labute approximate surface area is 272 Å². The summed E-state index contributed by atoms with van der Waals surface area (Å²) in [7, 11) is 1.62. The predicted octanol–water partition coefficient (Wildman–Crippen LogP) is 5.36. The summed E-state index contributed by atoms with van der Waals surface area (Å²) in [6.07, 6.45) is 5.07. The van der Waals surface area contributed by atoms with Crippen LogP contribution in [0.2, 0.25) is 0 Å². The lowest BCUT2D eigenvalue weighted by molar-refractivity contribution is -0.104. The number of benzene rings is 2. The molecule has 2 unspecified atom stereocenters. The minimum absolute atomic E-state index is 0.169. The topological polar surface area (TPSA) is 106 Å². The average Bonchev–Trinajstić information content (AvgIpc) is 3.48. The molecule has 248 valence electrons. The van der Waals surface area contributed by atoms with Gasteiger partial charge in [0, 0.05) is 32.3 Å². The summed E-state index contributed by atoms with van der Waals surface area (Å²) < 4.78 is 18.7. The molecule has 1 aliphatic heterocycles. The smallest absolute Gasteiger partial charge is 0.410 e. The molecule has 1 aromatic heterocycles. The summed E-state index contributed by atoms with van der Waals surface area (Å²) in [6, 6.07) is 19.2. The molecule has 1 saturated heterocycles. The van der Waals surface area contributed by atoms with Crippen LogP contribution in [0.15, 0.2) is 67.0 Å². The van der Waals surface area contributed by atoms with E-state index in [1.807, 2.05) is 90.9 Å². The number of carbonyl (C=O) groups is 2. The first-order valence-electron chi connectivity index (χ1n) is 16.3. The molecule has 2 fully saturated rings. The van der Waals surface area contributed by atoms with Crippen molar-refractivity contribution in [2.45, 2.75) is 76.2 Å². The molecule has 2 amide bonds. The van der Waals surface area contributed by atoms with Gasteiger partial charge in [0.1, 0.15) is 11.2 Å². The highest BCUT2D eigenvalue weighted by atomic mass is 16.6. The summed E-state index contributed by atoms with van der Waals surface area (Å²) in [5, 5.41) is 12.0. The fraction of sp³-hybridized carbons (Fsp3) is 0.528. The van der Waals surface area contributed by atoms with E-state index in [2.05, 4.69) is 0 Å². The zero-order valence-corrected chi connectivity index (χ0v) is 27.6.